The summed E-state index contributed by atoms with van der Waals surface area (Å²) in [5.41, 5.74) is 3.23. The highest BCUT2D eigenvalue weighted by molar-refractivity contribution is 5.95. The van der Waals surface area contributed by atoms with Gasteiger partial charge in [-0.1, -0.05) is 12.5 Å². The zero-order valence-corrected chi connectivity index (χ0v) is 19.3. The average molecular weight is 438 g/mol. The Bertz CT molecular complexity index is 903. The van der Waals surface area contributed by atoms with E-state index in [1.807, 2.05) is 41.6 Å². The molecule has 0 saturated carbocycles. The molecule has 1 saturated heterocycles. The van der Waals surface area contributed by atoms with Crippen LogP contribution in [0.1, 0.15) is 53.6 Å². The zero-order valence-electron chi connectivity index (χ0n) is 19.3. The number of ether oxygens (including phenoxy) is 2. The van der Waals surface area contributed by atoms with E-state index in [4.69, 9.17) is 9.47 Å². The van der Waals surface area contributed by atoms with Gasteiger partial charge in [-0.25, -0.2) is 0 Å². The van der Waals surface area contributed by atoms with Crippen LogP contribution in [0.3, 0.4) is 0 Å². The third-order valence-corrected chi connectivity index (χ3v) is 6.79. The highest BCUT2D eigenvalue weighted by Crippen LogP contribution is 2.27. The lowest BCUT2D eigenvalue weighted by Gasteiger charge is -2.41. The molecule has 6 heteroatoms. The van der Waals surface area contributed by atoms with Crippen molar-refractivity contribution in [3.63, 3.8) is 0 Å². The molecule has 1 aromatic heterocycles. The number of fused-ring (bicyclic) bond motifs is 3. The van der Waals surface area contributed by atoms with Crippen LogP contribution in [0.15, 0.2) is 42.7 Å². The van der Waals surface area contributed by atoms with Crippen molar-refractivity contribution in [3.8, 4) is 5.75 Å². The number of pyridine rings is 1. The predicted molar refractivity (Wildman–Crippen MR) is 125 cm³/mol. The molecule has 4 rings (SSSR count). The summed E-state index contributed by atoms with van der Waals surface area (Å²) in [5, 5.41) is 0. The van der Waals surface area contributed by atoms with Crippen molar-refractivity contribution >= 4 is 5.91 Å². The van der Waals surface area contributed by atoms with Crippen LogP contribution in [0.2, 0.25) is 0 Å². The van der Waals surface area contributed by atoms with Crippen LogP contribution in [-0.2, 0) is 11.3 Å². The minimum absolute atomic E-state index is 0.0917. The van der Waals surface area contributed by atoms with E-state index in [1.54, 1.807) is 7.11 Å². The molecule has 172 valence electrons. The molecule has 2 aromatic rings. The maximum atomic E-state index is 13.4. The monoisotopic (exact) mass is 437 g/mol. The first-order valence-electron chi connectivity index (χ1n) is 11.8. The van der Waals surface area contributed by atoms with Crippen LogP contribution < -0.4 is 4.74 Å². The summed E-state index contributed by atoms with van der Waals surface area (Å²) in [5.74, 6) is 0.846. The normalized spacial score (nSPS) is 23.2. The minimum atomic E-state index is 0.0917. The lowest BCUT2D eigenvalue weighted by atomic mass is 9.93. The summed E-state index contributed by atoms with van der Waals surface area (Å²) >= 11 is 0. The molecule has 1 aromatic carbocycles. The van der Waals surface area contributed by atoms with Gasteiger partial charge in [0.1, 0.15) is 12.4 Å². The molecule has 0 spiro atoms. The maximum absolute atomic E-state index is 13.4. The van der Waals surface area contributed by atoms with Gasteiger partial charge in [-0.2, -0.15) is 0 Å². The number of hydrogen-bond acceptors (Lipinski definition) is 5. The van der Waals surface area contributed by atoms with E-state index < -0.39 is 0 Å². The van der Waals surface area contributed by atoms with Gasteiger partial charge in [0.15, 0.2) is 0 Å². The molecule has 6 nitrogen and oxygen atoms in total. The first-order chi connectivity index (χ1) is 15.7. The predicted octanol–water partition coefficient (Wildman–Crippen LogP) is 4.07. The van der Waals surface area contributed by atoms with Crippen molar-refractivity contribution in [1.82, 2.24) is 14.8 Å². The van der Waals surface area contributed by atoms with Gasteiger partial charge < -0.3 is 14.4 Å². The molecule has 2 aliphatic rings. The number of hydrogen-bond donors (Lipinski definition) is 0. The fraction of sp³-hybridized carbons (Fsp3) is 0.538. The van der Waals surface area contributed by atoms with Gasteiger partial charge in [-0.05, 0) is 74.5 Å². The number of carbonyl (C=O) groups is 1. The fourth-order valence-corrected chi connectivity index (χ4v) is 4.95. The standard InChI is InChI=1S/C26H35N3O3/c1-20-18-27-12-11-22(20)19-28-13-4-3-9-24-25(31-2)10-6-14-29(24)26(30)21-7-5-8-23(17-21)32-16-15-28/h5,7-8,11-12,17-18,24-25H,3-4,6,9-10,13-16,19H2,1-2H3/t24-,25-/m0/s1. The smallest absolute Gasteiger partial charge is 0.254 e. The molecule has 0 N–H and O–H groups in total. The first-order valence-corrected chi connectivity index (χ1v) is 11.8. The Kier molecular flexibility index (Phi) is 7.76. The van der Waals surface area contributed by atoms with E-state index in [0.717, 1.165) is 64.0 Å². The Hall–Kier alpha value is -2.44. The van der Waals surface area contributed by atoms with Crippen LogP contribution in [0.25, 0.3) is 0 Å². The molecule has 0 aliphatic carbocycles. The van der Waals surface area contributed by atoms with Crippen LogP contribution in [-0.4, -0.2) is 66.2 Å². The van der Waals surface area contributed by atoms with Gasteiger partial charge in [0.25, 0.3) is 5.91 Å². The summed E-state index contributed by atoms with van der Waals surface area (Å²) in [6, 6.07) is 9.88. The Labute approximate surface area is 191 Å². The highest BCUT2D eigenvalue weighted by atomic mass is 16.5. The second-order valence-electron chi connectivity index (χ2n) is 8.93. The second-order valence-corrected chi connectivity index (χ2v) is 8.93. The van der Waals surface area contributed by atoms with Crippen molar-refractivity contribution < 1.29 is 14.3 Å². The summed E-state index contributed by atoms with van der Waals surface area (Å²) in [6.07, 6.45) is 9.04. The molecule has 0 radical (unpaired) electrons. The summed E-state index contributed by atoms with van der Waals surface area (Å²) in [7, 11) is 1.78. The quantitative estimate of drug-likeness (QED) is 0.724. The molecule has 2 atom stereocenters. The van der Waals surface area contributed by atoms with Crippen molar-refractivity contribution in [3.05, 3.63) is 59.4 Å². The molecular formula is C26H35N3O3. The van der Waals surface area contributed by atoms with Gasteiger partial charge in [0.05, 0.1) is 12.1 Å². The molecule has 3 heterocycles. The van der Waals surface area contributed by atoms with Crippen LogP contribution in [0, 0.1) is 6.92 Å². The molecule has 2 bridgehead atoms. The minimum Gasteiger partial charge on any atom is -0.492 e. The molecule has 2 aliphatic heterocycles. The van der Waals surface area contributed by atoms with Gasteiger partial charge in [-0.15, -0.1) is 0 Å². The molecule has 32 heavy (non-hydrogen) atoms. The molecule has 1 fully saturated rings. The largest absolute Gasteiger partial charge is 0.492 e. The lowest BCUT2D eigenvalue weighted by molar-refractivity contribution is -0.0156. The topological polar surface area (TPSA) is 54.9 Å². The number of rotatable bonds is 3. The number of carbonyl (C=O) groups excluding carboxylic acids is 1. The number of aromatic nitrogens is 1. The number of aryl methyl sites for hydroxylation is 1. The molecule has 1 amide bonds. The van der Waals surface area contributed by atoms with E-state index in [0.29, 0.717) is 12.2 Å². The van der Waals surface area contributed by atoms with Crippen molar-refractivity contribution in [1.29, 1.82) is 0 Å². The highest BCUT2D eigenvalue weighted by Gasteiger charge is 2.34. The number of piperidine rings is 1. The maximum Gasteiger partial charge on any atom is 0.254 e. The average Bonchev–Trinajstić information content (AvgIpc) is 2.82. The molecule has 0 unspecified atom stereocenters. The van der Waals surface area contributed by atoms with E-state index >= 15 is 0 Å². The van der Waals surface area contributed by atoms with Crippen LogP contribution in [0.4, 0.5) is 0 Å². The summed E-state index contributed by atoms with van der Waals surface area (Å²) in [6.45, 7) is 6.25. The SMILES string of the molecule is CO[C@H]1CCCN2C(=O)c3cccc(c3)OCCN(Cc3ccncc3C)CCCC[C@@H]12. The van der Waals surface area contributed by atoms with Crippen molar-refractivity contribution in [2.24, 2.45) is 0 Å². The van der Waals surface area contributed by atoms with Gasteiger partial charge >= 0.3 is 0 Å². The van der Waals surface area contributed by atoms with Crippen LogP contribution >= 0.6 is 0 Å². The Morgan fingerprint density at radius 3 is 2.88 bits per heavy atom. The second kappa shape index (κ2) is 10.9. The van der Waals surface area contributed by atoms with E-state index in [1.165, 1.54) is 11.1 Å². The fourth-order valence-electron chi connectivity index (χ4n) is 4.95. The van der Waals surface area contributed by atoms with E-state index in [9.17, 15) is 4.79 Å². The number of amides is 1. The Morgan fingerprint density at radius 1 is 1.12 bits per heavy atom. The Balaban J connectivity index is 1.54. The zero-order chi connectivity index (χ0) is 22.3. The van der Waals surface area contributed by atoms with Crippen LogP contribution in [0.5, 0.6) is 5.75 Å². The van der Waals surface area contributed by atoms with E-state index in [2.05, 4.69) is 22.9 Å². The van der Waals surface area contributed by atoms with Crippen molar-refractivity contribution in [2.75, 3.05) is 33.4 Å². The summed E-state index contributed by atoms with van der Waals surface area (Å²) < 4.78 is 11.9. The number of methoxy groups -OCH3 is 1. The van der Waals surface area contributed by atoms with Crippen molar-refractivity contribution in [2.45, 2.75) is 57.7 Å². The van der Waals surface area contributed by atoms with Gasteiger partial charge in [0, 0.05) is 44.7 Å². The third-order valence-electron chi connectivity index (χ3n) is 6.79. The molecular weight excluding hydrogens is 402 g/mol. The third kappa shape index (κ3) is 5.48. The number of nitrogens with zero attached hydrogens (tertiary/aromatic N) is 3. The summed E-state index contributed by atoms with van der Waals surface area (Å²) in [4.78, 5) is 22.1. The lowest BCUT2D eigenvalue weighted by Crippen LogP contribution is -2.51. The Morgan fingerprint density at radius 2 is 2.03 bits per heavy atom. The number of benzene rings is 1. The van der Waals surface area contributed by atoms with Gasteiger partial charge in [-0.3, -0.25) is 14.7 Å². The van der Waals surface area contributed by atoms with E-state index in [-0.39, 0.29) is 18.1 Å². The first kappa shape index (κ1) is 22.7. The van der Waals surface area contributed by atoms with Gasteiger partial charge in [0.2, 0.25) is 0 Å².